The van der Waals surface area contributed by atoms with Crippen LogP contribution in [0.2, 0.25) is 0 Å². The predicted octanol–water partition coefficient (Wildman–Crippen LogP) is 2.03. The lowest BCUT2D eigenvalue weighted by atomic mass is 10.2. The number of hydrogen-bond donors (Lipinski definition) is 0. The summed E-state index contributed by atoms with van der Waals surface area (Å²) in [7, 11) is 0. The van der Waals surface area contributed by atoms with Crippen LogP contribution in [0, 0.1) is 5.82 Å². The summed E-state index contributed by atoms with van der Waals surface area (Å²) in [5, 5.41) is 1.85. The molecule has 1 fully saturated rings. The molecule has 1 aromatic heterocycles. The van der Waals surface area contributed by atoms with Crippen LogP contribution in [-0.4, -0.2) is 60.4 Å². The smallest absolute Gasteiger partial charge is 0.338 e. The molecule has 0 atom stereocenters. The van der Waals surface area contributed by atoms with Gasteiger partial charge in [-0.2, -0.15) is 0 Å². The van der Waals surface area contributed by atoms with Crippen molar-refractivity contribution in [1.29, 1.82) is 0 Å². The number of rotatable bonds is 4. The molecule has 0 N–H and O–H groups in total. The van der Waals surface area contributed by atoms with Gasteiger partial charge in [-0.25, -0.2) is 9.18 Å². The van der Waals surface area contributed by atoms with Gasteiger partial charge in [-0.1, -0.05) is 12.1 Å². The Labute approximate surface area is 153 Å². The highest BCUT2D eigenvalue weighted by molar-refractivity contribution is 7.12. The topological polar surface area (TPSA) is 66.9 Å². The molecule has 0 radical (unpaired) electrons. The summed E-state index contributed by atoms with van der Waals surface area (Å²) in [6.07, 6.45) is 0. The summed E-state index contributed by atoms with van der Waals surface area (Å²) in [5.74, 6) is -1.66. The predicted molar refractivity (Wildman–Crippen MR) is 93.5 cm³/mol. The van der Waals surface area contributed by atoms with Crippen LogP contribution in [0.15, 0.2) is 41.8 Å². The summed E-state index contributed by atoms with van der Waals surface area (Å²) in [6.45, 7) is 1.22. The molecular formula is C18H17FN2O4S. The summed E-state index contributed by atoms with van der Waals surface area (Å²) in [6, 6.07) is 8.70. The van der Waals surface area contributed by atoms with Crippen LogP contribution < -0.4 is 0 Å². The maximum Gasteiger partial charge on any atom is 0.338 e. The van der Waals surface area contributed by atoms with Crippen LogP contribution in [0.3, 0.4) is 0 Å². The average molecular weight is 376 g/mol. The first-order valence-corrected chi connectivity index (χ1v) is 8.96. The van der Waals surface area contributed by atoms with Gasteiger partial charge in [0, 0.05) is 26.2 Å². The van der Waals surface area contributed by atoms with Crippen LogP contribution in [0.5, 0.6) is 0 Å². The van der Waals surface area contributed by atoms with Crippen molar-refractivity contribution in [3.8, 4) is 0 Å². The number of hydrogen-bond acceptors (Lipinski definition) is 5. The number of thiophene rings is 1. The molecule has 6 nitrogen and oxygen atoms in total. The molecule has 2 aromatic rings. The van der Waals surface area contributed by atoms with Gasteiger partial charge in [-0.05, 0) is 29.6 Å². The molecule has 0 spiro atoms. The van der Waals surface area contributed by atoms with Gasteiger partial charge in [0.25, 0.3) is 11.8 Å². The molecule has 8 heteroatoms. The highest BCUT2D eigenvalue weighted by Crippen LogP contribution is 2.14. The standard InChI is InChI=1S/C18H17FN2O4S/c19-14-4-1-3-13(11-14)18(24)25-12-16(22)20-6-8-21(9-7-20)17(23)15-5-2-10-26-15/h1-5,10-11H,6-9,12H2. The number of ether oxygens (including phenoxy) is 1. The molecule has 136 valence electrons. The van der Waals surface area contributed by atoms with Gasteiger partial charge in [-0.3, -0.25) is 9.59 Å². The van der Waals surface area contributed by atoms with Crippen LogP contribution >= 0.6 is 11.3 Å². The highest BCUT2D eigenvalue weighted by atomic mass is 32.1. The second kappa shape index (κ2) is 8.09. The lowest BCUT2D eigenvalue weighted by Crippen LogP contribution is -2.51. The normalized spacial score (nSPS) is 14.2. The monoisotopic (exact) mass is 376 g/mol. The second-order valence-corrected chi connectivity index (χ2v) is 6.68. The molecule has 0 bridgehead atoms. The number of amides is 2. The zero-order valence-corrected chi connectivity index (χ0v) is 14.7. The SMILES string of the molecule is O=C(OCC(=O)N1CCN(C(=O)c2cccs2)CC1)c1cccc(F)c1. The molecule has 1 aliphatic heterocycles. The van der Waals surface area contributed by atoms with Crippen molar-refractivity contribution in [1.82, 2.24) is 9.80 Å². The number of nitrogens with zero attached hydrogens (tertiary/aromatic N) is 2. The minimum atomic E-state index is -0.746. The second-order valence-electron chi connectivity index (χ2n) is 5.74. The molecule has 26 heavy (non-hydrogen) atoms. The first-order valence-electron chi connectivity index (χ1n) is 8.08. The van der Waals surface area contributed by atoms with Gasteiger partial charge in [0.05, 0.1) is 10.4 Å². The molecular weight excluding hydrogens is 359 g/mol. The Balaban J connectivity index is 1.46. The number of carbonyl (C=O) groups is 3. The molecule has 0 saturated carbocycles. The Morgan fingerprint density at radius 3 is 2.42 bits per heavy atom. The van der Waals surface area contributed by atoms with E-state index >= 15 is 0 Å². The number of carbonyl (C=O) groups excluding carboxylic acids is 3. The summed E-state index contributed by atoms with van der Waals surface area (Å²) in [4.78, 5) is 40.2. The van der Waals surface area contributed by atoms with Crippen LogP contribution in [0.1, 0.15) is 20.0 Å². The molecule has 0 unspecified atom stereocenters. The van der Waals surface area contributed by atoms with E-state index in [4.69, 9.17) is 4.74 Å². The van der Waals surface area contributed by atoms with Crippen molar-refractivity contribution in [2.45, 2.75) is 0 Å². The Morgan fingerprint density at radius 1 is 1.04 bits per heavy atom. The van der Waals surface area contributed by atoms with E-state index in [2.05, 4.69) is 0 Å². The van der Waals surface area contributed by atoms with Gasteiger partial charge >= 0.3 is 5.97 Å². The molecule has 1 aliphatic rings. The van der Waals surface area contributed by atoms with Gasteiger partial charge in [0.1, 0.15) is 5.82 Å². The van der Waals surface area contributed by atoms with Crippen molar-refractivity contribution in [3.63, 3.8) is 0 Å². The highest BCUT2D eigenvalue weighted by Gasteiger charge is 2.25. The molecule has 2 heterocycles. The zero-order valence-electron chi connectivity index (χ0n) is 13.9. The minimum Gasteiger partial charge on any atom is -0.452 e. The summed E-state index contributed by atoms with van der Waals surface area (Å²) >= 11 is 1.39. The van der Waals surface area contributed by atoms with Crippen molar-refractivity contribution in [3.05, 3.63) is 58.0 Å². The lowest BCUT2D eigenvalue weighted by Gasteiger charge is -2.34. The number of halogens is 1. The van der Waals surface area contributed by atoms with Crippen molar-refractivity contribution < 1.29 is 23.5 Å². The lowest BCUT2D eigenvalue weighted by molar-refractivity contribution is -0.136. The van der Waals surface area contributed by atoms with E-state index in [9.17, 15) is 18.8 Å². The molecule has 1 saturated heterocycles. The van der Waals surface area contributed by atoms with Gasteiger partial charge in [0.2, 0.25) is 0 Å². The largest absolute Gasteiger partial charge is 0.452 e. The van der Waals surface area contributed by atoms with E-state index in [1.165, 1.54) is 29.5 Å². The molecule has 1 aromatic carbocycles. The Kier molecular flexibility index (Phi) is 5.62. The van der Waals surface area contributed by atoms with Crippen molar-refractivity contribution in [2.75, 3.05) is 32.8 Å². The van der Waals surface area contributed by atoms with E-state index in [-0.39, 0.29) is 17.4 Å². The average Bonchev–Trinajstić information content (AvgIpc) is 3.20. The van der Waals surface area contributed by atoms with Crippen LogP contribution in [-0.2, 0) is 9.53 Å². The van der Waals surface area contributed by atoms with E-state index < -0.39 is 18.4 Å². The van der Waals surface area contributed by atoms with Crippen LogP contribution in [0.4, 0.5) is 4.39 Å². The quantitative estimate of drug-likeness (QED) is 0.766. The van der Waals surface area contributed by atoms with E-state index in [1.807, 2.05) is 11.4 Å². The summed E-state index contributed by atoms with van der Waals surface area (Å²) < 4.78 is 18.1. The van der Waals surface area contributed by atoms with Crippen molar-refractivity contribution in [2.24, 2.45) is 0 Å². The van der Waals surface area contributed by atoms with E-state index in [0.29, 0.717) is 31.1 Å². The first-order chi connectivity index (χ1) is 12.5. The van der Waals surface area contributed by atoms with E-state index in [0.717, 1.165) is 6.07 Å². The van der Waals surface area contributed by atoms with Gasteiger partial charge < -0.3 is 14.5 Å². The van der Waals surface area contributed by atoms with Gasteiger partial charge in [0.15, 0.2) is 6.61 Å². The van der Waals surface area contributed by atoms with Crippen molar-refractivity contribution >= 4 is 29.1 Å². The third-order valence-corrected chi connectivity index (χ3v) is 4.90. The maximum absolute atomic E-state index is 13.1. The third kappa shape index (κ3) is 4.26. The van der Waals surface area contributed by atoms with E-state index in [1.54, 1.807) is 15.9 Å². The number of benzene rings is 1. The molecule has 2 amide bonds. The number of esters is 1. The fourth-order valence-electron chi connectivity index (χ4n) is 2.63. The zero-order chi connectivity index (χ0) is 18.5. The Hall–Kier alpha value is -2.74. The Bertz CT molecular complexity index is 801. The molecule has 0 aliphatic carbocycles. The Morgan fingerprint density at radius 2 is 1.77 bits per heavy atom. The third-order valence-electron chi connectivity index (χ3n) is 4.04. The fraction of sp³-hybridized carbons (Fsp3) is 0.278. The maximum atomic E-state index is 13.1. The molecule has 3 rings (SSSR count). The fourth-order valence-corrected chi connectivity index (χ4v) is 3.32. The first kappa shape index (κ1) is 18.1. The minimum absolute atomic E-state index is 0.0374. The van der Waals surface area contributed by atoms with Crippen LogP contribution in [0.25, 0.3) is 0 Å². The summed E-state index contributed by atoms with van der Waals surface area (Å²) in [5.41, 5.74) is 0.0594. The van der Waals surface area contributed by atoms with Gasteiger partial charge in [-0.15, -0.1) is 11.3 Å². The number of piperazine rings is 1.